The summed E-state index contributed by atoms with van der Waals surface area (Å²) in [7, 11) is 1.86. The number of tetrazole rings is 1. The van der Waals surface area contributed by atoms with Gasteiger partial charge in [0.1, 0.15) is 0 Å². The monoisotopic (exact) mass is 225 g/mol. The Morgan fingerprint density at radius 2 is 2.25 bits per heavy atom. The first-order valence-electron chi connectivity index (χ1n) is 5.83. The Morgan fingerprint density at radius 3 is 2.81 bits per heavy atom. The van der Waals surface area contributed by atoms with Gasteiger partial charge in [-0.25, -0.2) is 4.68 Å². The minimum Gasteiger partial charge on any atom is -0.372 e. The Balaban J connectivity index is 2.33. The minimum absolute atomic E-state index is 0.0799. The number of aryl methyl sites for hydroxylation is 1. The Hall–Kier alpha value is -1.01. The predicted octanol–water partition coefficient (Wildman–Crippen LogP) is 0.430. The van der Waals surface area contributed by atoms with Crippen molar-refractivity contribution < 1.29 is 4.74 Å². The van der Waals surface area contributed by atoms with Crippen LogP contribution in [0.3, 0.4) is 0 Å². The molecule has 0 aromatic carbocycles. The van der Waals surface area contributed by atoms with E-state index in [1.807, 2.05) is 7.05 Å². The van der Waals surface area contributed by atoms with Crippen molar-refractivity contribution >= 4 is 0 Å². The normalized spacial score (nSPS) is 24.6. The van der Waals surface area contributed by atoms with Crippen LogP contribution in [0.2, 0.25) is 0 Å². The van der Waals surface area contributed by atoms with Gasteiger partial charge in [0.15, 0.2) is 5.82 Å². The summed E-state index contributed by atoms with van der Waals surface area (Å²) in [6.07, 6.45) is 1.90. The van der Waals surface area contributed by atoms with E-state index < -0.39 is 0 Å². The van der Waals surface area contributed by atoms with Crippen molar-refractivity contribution in [3.8, 4) is 0 Å². The number of ether oxygens (including phenoxy) is 1. The smallest absolute Gasteiger partial charge is 0.170 e. The molecule has 1 aromatic heterocycles. The molecule has 16 heavy (non-hydrogen) atoms. The second kappa shape index (κ2) is 4.47. The van der Waals surface area contributed by atoms with E-state index in [1.54, 1.807) is 4.68 Å². The molecule has 1 aliphatic rings. The lowest BCUT2D eigenvalue weighted by Crippen LogP contribution is -2.52. The first-order chi connectivity index (χ1) is 7.73. The predicted molar refractivity (Wildman–Crippen MR) is 58.8 cm³/mol. The van der Waals surface area contributed by atoms with Gasteiger partial charge >= 0.3 is 0 Å². The van der Waals surface area contributed by atoms with Crippen LogP contribution in [0.25, 0.3) is 0 Å². The molecule has 90 valence electrons. The van der Waals surface area contributed by atoms with Crippen molar-refractivity contribution in [3.63, 3.8) is 0 Å². The fourth-order valence-electron chi connectivity index (χ4n) is 2.40. The molecule has 1 N–H and O–H groups in total. The van der Waals surface area contributed by atoms with Gasteiger partial charge in [-0.3, -0.25) is 0 Å². The number of rotatable bonds is 3. The zero-order valence-corrected chi connectivity index (χ0v) is 10.1. The van der Waals surface area contributed by atoms with Gasteiger partial charge in [-0.15, -0.1) is 5.10 Å². The number of aromatic nitrogens is 4. The van der Waals surface area contributed by atoms with Crippen molar-refractivity contribution in [1.29, 1.82) is 0 Å². The van der Waals surface area contributed by atoms with E-state index in [-0.39, 0.29) is 11.6 Å². The molecule has 1 unspecified atom stereocenters. The van der Waals surface area contributed by atoms with E-state index >= 15 is 0 Å². The number of nitrogens with zero attached hydrogens (tertiary/aromatic N) is 4. The third-order valence-electron chi connectivity index (χ3n) is 3.47. The van der Waals surface area contributed by atoms with Gasteiger partial charge < -0.3 is 10.1 Å². The zero-order valence-electron chi connectivity index (χ0n) is 10.1. The average molecular weight is 225 g/mol. The molecule has 0 radical (unpaired) electrons. The third kappa shape index (κ3) is 1.72. The molecule has 1 saturated heterocycles. The average Bonchev–Trinajstić information content (AvgIpc) is 2.75. The molecular weight excluding hydrogens is 206 g/mol. The van der Waals surface area contributed by atoms with Crippen LogP contribution in [0, 0.1) is 0 Å². The second-order valence-electron chi connectivity index (χ2n) is 4.17. The molecule has 1 aliphatic heterocycles. The molecule has 1 aromatic rings. The fourth-order valence-corrected chi connectivity index (χ4v) is 2.40. The summed E-state index contributed by atoms with van der Waals surface area (Å²) < 4.78 is 7.70. The number of nitrogens with one attached hydrogen (secondary N) is 1. The van der Waals surface area contributed by atoms with Crippen LogP contribution < -0.4 is 5.32 Å². The molecule has 6 nitrogen and oxygen atoms in total. The second-order valence-corrected chi connectivity index (χ2v) is 4.17. The Labute approximate surface area is 95.4 Å². The minimum atomic E-state index is -0.180. The fraction of sp³-hybridized carbons (Fsp3) is 0.900. The number of hydrogen-bond acceptors (Lipinski definition) is 5. The van der Waals surface area contributed by atoms with Crippen LogP contribution in [-0.4, -0.2) is 39.0 Å². The molecule has 1 atom stereocenters. The van der Waals surface area contributed by atoms with E-state index in [9.17, 15) is 0 Å². The Bertz CT molecular complexity index is 347. The van der Waals surface area contributed by atoms with Crippen molar-refractivity contribution in [2.24, 2.45) is 7.05 Å². The summed E-state index contributed by atoms with van der Waals surface area (Å²) in [5.41, 5.74) is -0.180. The summed E-state index contributed by atoms with van der Waals surface area (Å²) >= 11 is 0. The van der Waals surface area contributed by atoms with Gasteiger partial charge in [0.2, 0.25) is 0 Å². The van der Waals surface area contributed by atoms with Crippen LogP contribution in [0.15, 0.2) is 0 Å². The van der Waals surface area contributed by atoms with Crippen molar-refractivity contribution in [3.05, 3.63) is 5.82 Å². The molecule has 0 aliphatic carbocycles. The van der Waals surface area contributed by atoms with Crippen LogP contribution in [-0.2, 0) is 11.8 Å². The van der Waals surface area contributed by atoms with Crippen LogP contribution >= 0.6 is 0 Å². The van der Waals surface area contributed by atoms with Gasteiger partial charge in [0.05, 0.1) is 18.2 Å². The lowest BCUT2D eigenvalue weighted by molar-refractivity contribution is -0.106. The molecule has 1 fully saturated rings. The zero-order chi connectivity index (χ0) is 11.6. The van der Waals surface area contributed by atoms with E-state index in [0.717, 1.165) is 31.8 Å². The van der Waals surface area contributed by atoms with E-state index in [0.29, 0.717) is 0 Å². The summed E-state index contributed by atoms with van der Waals surface area (Å²) in [4.78, 5) is 0. The molecule has 0 saturated carbocycles. The highest BCUT2D eigenvalue weighted by Crippen LogP contribution is 2.35. The summed E-state index contributed by atoms with van der Waals surface area (Å²) in [6.45, 7) is 5.89. The molecule has 2 heterocycles. The first-order valence-corrected chi connectivity index (χ1v) is 5.83. The SMILES string of the molecule is CCC1(CC)OCCNC1c1nnnn1C. The van der Waals surface area contributed by atoms with E-state index in [1.165, 1.54) is 0 Å². The van der Waals surface area contributed by atoms with Gasteiger partial charge in [-0.2, -0.15) is 0 Å². The molecular formula is C10H19N5O. The summed E-state index contributed by atoms with van der Waals surface area (Å²) in [5, 5.41) is 15.1. The highest BCUT2D eigenvalue weighted by molar-refractivity contribution is 5.05. The van der Waals surface area contributed by atoms with Gasteiger partial charge in [0.25, 0.3) is 0 Å². The maximum atomic E-state index is 5.98. The van der Waals surface area contributed by atoms with E-state index in [4.69, 9.17) is 4.74 Å². The highest BCUT2D eigenvalue weighted by atomic mass is 16.5. The van der Waals surface area contributed by atoms with Crippen molar-refractivity contribution in [2.45, 2.75) is 38.3 Å². The van der Waals surface area contributed by atoms with Crippen molar-refractivity contribution in [2.75, 3.05) is 13.2 Å². The Kier molecular flexibility index (Phi) is 3.20. The standard InChI is InChI=1S/C10H19N5O/c1-4-10(5-2)8(11-6-7-16-10)9-12-13-14-15(9)3/h8,11H,4-7H2,1-3H3. The molecule has 6 heteroatoms. The molecule has 0 bridgehead atoms. The maximum Gasteiger partial charge on any atom is 0.170 e. The van der Waals surface area contributed by atoms with Crippen LogP contribution in [0.4, 0.5) is 0 Å². The lowest BCUT2D eigenvalue weighted by Gasteiger charge is -2.42. The number of hydrogen-bond donors (Lipinski definition) is 1. The molecule has 0 spiro atoms. The highest BCUT2D eigenvalue weighted by Gasteiger charge is 2.42. The first kappa shape index (κ1) is 11.5. The topological polar surface area (TPSA) is 64.9 Å². The molecule has 0 amide bonds. The third-order valence-corrected chi connectivity index (χ3v) is 3.47. The molecule has 2 rings (SSSR count). The largest absolute Gasteiger partial charge is 0.372 e. The number of morpholine rings is 1. The summed E-state index contributed by atoms with van der Waals surface area (Å²) in [5.74, 6) is 0.850. The van der Waals surface area contributed by atoms with Crippen LogP contribution in [0.5, 0.6) is 0 Å². The van der Waals surface area contributed by atoms with Gasteiger partial charge in [0, 0.05) is 13.6 Å². The van der Waals surface area contributed by atoms with Gasteiger partial charge in [-0.1, -0.05) is 13.8 Å². The maximum absolute atomic E-state index is 5.98. The lowest BCUT2D eigenvalue weighted by atomic mass is 9.86. The quantitative estimate of drug-likeness (QED) is 0.808. The van der Waals surface area contributed by atoms with E-state index in [2.05, 4.69) is 34.7 Å². The van der Waals surface area contributed by atoms with Crippen molar-refractivity contribution in [1.82, 2.24) is 25.5 Å². The summed E-state index contributed by atoms with van der Waals surface area (Å²) in [6, 6.07) is 0.0799. The Morgan fingerprint density at radius 1 is 1.50 bits per heavy atom. The van der Waals surface area contributed by atoms with Gasteiger partial charge in [-0.05, 0) is 23.3 Å². The van der Waals surface area contributed by atoms with Crippen LogP contribution in [0.1, 0.15) is 38.6 Å².